The normalized spacial score (nSPS) is 10.4. The smallest absolute Gasteiger partial charge is 0.335 e. The van der Waals surface area contributed by atoms with Gasteiger partial charge in [0.15, 0.2) is 11.5 Å². The predicted molar refractivity (Wildman–Crippen MR) is 109 cm³/mol. The summed E-state index contributed by atoms with van der Waals surface area (Å²) in [5.74, 6) is -0.174. The highest BCUT2D eigenvalue weighted by Gasteiger charge is 2.09. The van der Waals surface area contributed by atoms with Crippen molar-refractivity contribution in [1.29, 1.82) is 0 Å². The van der Waals surface area contributed by atoms with Gasteiger partial charge < -0.3 is 19.9 Å². The highest BCUT2D eigenvalue weighted by Crippen LogP contribution is 2.29. The van der Waals surface area contributed by atoms with E-state index in [1.165, 1.54) is 6.07 Å². The van der Waals surface area contributed by atoms with Gasteiger partial charge >= 0.3 is 5.97 Å². The Morgan fingerprint density at radius 3 is 2.55 bits per heavy atom. The third-order valence-corrected chi connectivity index (χ3v) is 4.53. The first kappa shape index (κ1) is 20.2. The van der Waals surface area contributed by atoms with E-state index < -0.39 is 5.97 Å². The molecule has 2 N–H and O–H groups in total. The number of aryl methyl sites for hydroxylation is 1. The number of ether oxygens (including phenoxy) is 2. The van der Waals surface area contributed by atoms with Gasteiger partial charge in [0, 0.05) is 17.8 Å². The van der Waals surface area contributed by atoms with Gasteiger partial charge in [0.1, 0.15) is 12.4 Å². The number of nitrogens with one attached hydrogen (secondary N) is 1. The minimum atomic E-state index is -0.949. The van der Waals surface area contributed by atoms with E-state index in [2.05, 4.69) is 5.32 Å². The average molecular weight is 395 g/mol. The molecule has 3 rings (SSSR count). The lowest BCUT2D eigenvalue weighted by molar-refractivity contribution is 0.0697. The number of anilines is 1. The van der Waals surface area contributed by atoms with Crippen LogP contribution in [-0.2, 0) is 13.2 Å². The molecule has 0 fully saturated rings. The molecule has 150 valence electrons. The second-order valence-corrected chi connectivity index (χ2v) is 6.55. The van der Waals surface area contributed by atoms with Gasteiger partial charge in [0.05, 0.1) is 12.7 Å². The number of carbonyl (C=O) groups is 1. The standard InChI is InChI=1S/C23H22FNO4/c1-15-11-17(23(26)27)8-9-20(15)25-13-16-7-10-21(22(12-16)28-2)29-14-18-5-3-4-6-19(18)24/h3-12,25H,13-14H2,1-2H3,(H,26,27). The fourth-order valence-electron chi connectivity index (χ4n) is 2.90. The van der Waals surface area contributed by atoms with Crippen molar-refractivity contribution in [2.75, 3.05) is 12.4 Å². The van der Waals surface area contributed by atoms with Gasteiger partial charge in [-0.3, -0.25) is 0 Å². The van der Waals surface area contributed by atoms with Crippen LogP contribution >= 0.6 is 0 Å². The minimum absolute atomic E-state index is 0.107. The van der Waals surface area contributed by atoms with Crippen LogP contribution in [-0.4, -0.2) is 18.2 Å². The summed E-state index contributed by atoms with van der Waals surface area (Å²) in [6.07, 6.45) is 0. The van der Waals surface area contributed by atoms with Crippen LogP contribution in [0.25, 0.3) is 0 Å². The molecule has 29 heavy (non-hydrogen) atoms. The number of aromatic carboxylic acids is 1. The summed E-state index contributed by atoms with van der Waals surface area (Å²) in [6.45, 7) is 2.49. The average Bonchev–Trinajstić information content (AvgIpc) is 2.72. The molecule has 0 spiro atoms. The summed E-state index contributed by atoms with van der Waals surface area (Å²) < 4.78 is 24.9. The van der Waals surface area contributed by atoms with Gasteiger partial charge in [-0.15, -0.1) is 0 Å². The fourth-order valence-corrected chi connectivity index (χ4v) is 2.90. The Balaban J connectivity index is 1.67. The summed E-state index contributed by atoms with van der Waals surface area (Å²) in [7, 11) is 1.55. The van der Waals surface area contributed by atoms with Crippen molar-refractivity contribution in [3.8, 4) is 11.5 Å². The molecule has 0 aliphatic rings. The van der Waals surface area contributed by atoms with Gasteiger partial charge in [-0.25, -0.2) is 9.18 Å². The molecule has 0 atom stereocenters. The summed E-state index contributed by atoms with van der Waals surface area (Å²) >= 11 is 0. The van der Waals surface area contributed by atoms with Crippen LogP contribution in [0.5, 0.6) is 11.5 Å². The van der Waals surface area contributed by atoms with Crippen molar-refractivity contribution in [2.45, 2.75) is 20.1 Å². The van der Waals surface area contributed by atoms with E-state index in [0.29, 0.717) is 23.6 Å². The van der Waals surface area contributed by atoms with Gasteiger partial charge in [0.25, 0.3) is 0 Å². The third kappa shape index (κ3) is 5.04. The Labute approximate surface area is 168 Å². The molecule has 0 aliphatic heterocycles. The first-order valence-electron chi connectivity index (χ1n) is 9.09. The third-order valence-electron chi connectivity index (χ3n) is 4.53. The van der Waals surface area contributed by atoms with Crippen LogP contribution in [0.15, 0.2) is 60.7 Å². The summed E-state index contributed by atoms with van der Waals surface area (Å²) in [5, 5.41) is 12.3. The van der Waals surface area contributed by atoms with Crippen molar-refractivity contribution in [3.05, 3.63) is 88.7 Å². The molecule has 3 aromatic carbocycles. The molecule has 0 bridgehead atoms. The van der Waals surface area contributed by atoms with E-state index in [1.54, 1.807) is 49.6 Å². The second kappa shape index (κ2) is 9.10. The SMILES string of the molecule is COc1cc(CNc2ccc(C(=O)O)cc2C)ccc1OCc1ccccc1F. The molecule has 0 aromatic heterocycles. The van der Waals surface area contributed by atoms with E-state index in [9.17, 15) is 9.18 Å². The number of carboxylic acid groups (broad SMARTS) is 1. The Morgan fingerprint density at radius 2 is 1.86 bits per heavy atom. The molecule has 5 nitrogen and oxygen atoms in total. The molecule has 0 saturated carbocycles. The molecule has 3 aromatic rings. The number of carboxylic acids is 1. The second-order valence-electron chi connectivity index (χ2n) is 6.55. The molecule has 0 heterocycles. The first-order valence-corrected chi connectivity index (χ1v) is 9.09. The zero-order valence-electron chi connectivity index (χ0n) is 16.2. The van der Waals surface area contributed by atoms with Crippen molar-refractivity contribution in [2.24, 2.45) is 0 Å². The lowest BCUT2D eigenvalue weighted by atomic mass is 10.1. The van der Waals surface area contributed by atoms with Gasteiger partial charge in [-0.05, 0) is 54.4 Å². The first-order chi connectivity index (χ1) is 14.0. The van der Waals surface area contributed by atoms with Gasteiger partial charge in [-0.1, -0.05) is 24.3 Å². The Morgan fingerprint density at radius 1 is 1.07 bits per heavy atom. The molecule has 0 amide bonds. The number of hydrogen-bond donors (Lipinski definition) is 2. The van der Waals surface area contributed by atoms with E-state index in [1.807, 2.05) is 19.1 Å². The number of benzene rings is 3. The quantitative estimate of drug-likeness (QED) is 0.560. The summed E-state index contributed by atoms with van der Waals surface area (Å²) in [4.78, 5) is 11.0. The van der Waals surface area contributed by atoms with Crippen LogP contribution in [0, 0.1) is 12.7 Å². The Kier molecular flexibility index (Phi) is 6.34. The number of halogens is 1. The maximum absolute atomic E-state index is 13.8. The topological polar surface area (TPSA) is 67.8 Å². The van der Waals surface area contributed by atoms with Crippen molar-refractivity contribution < 1.29 is 23.8 Å². The zero-order chi connectivity index (χ0) is 20.8. The number of hydrogen-bond acceptors (Lipinski definition) is 4. The maximum atomic E-state index is 13.8. The van der Waals surface area contributed by atoms with Crippen LogP contribution in [0.4, 0.5) is 10.1 Å². The molecular formula is C23H22FNO4. The van der Waals surface area contributed by atoms with E-state index >= 15 is 0 Å². The molecule has 0 radical (unpaired) electrons. The highest BCUT2D eigenvalue weighted by molar-refractivity contribution is 5.88. The van der Waals surface area contributed by atoms with E-state index in [0.717, 1.165) is 16.8 Å². The van der Waals surface area contributed by atoms with Crippen molar-refractivity contribution in [1.82, 2.24) is 0 Å². The lowest BCUT2D eigenvalue weighted by Crippen LogP contribution is -2.04. The van der Waals surface area contributed by atoms with Crippen LogP contribution in [0.1, 0.15) is 27.0 Å². The van der Waals surface area contributed by atoms with E-state index in [4.69, 9.17) is 14.6 Å². The molecule has 6 heteroatoms. The number of rotatable bonds is 8. The van der Waals surface area contributed by atoms with Gasteiger partial charge in [-0.2, -0.15) is 0 Å². The van der Waals surface area contributed by atoms with Gasteiger partial charge in [0.2, 0.25) is 0 Å². The summed E-state index contributed by atoms with van der Waals surface area (Å²) in [5.41, 5.74) is 3.39. The van der Waals surface area contributed by atoms with E-state index in [-0.39, 0.29) is 18.0 Å². The monoisotopic (exact) mass is 395 g/mol. The van der Waals surface area contributed by atoms with Crippen molar-refractivity contribution >= 4 is 11.7 Å². The molecular weight excluding hydrogens is 373 g/mol. The zero-order valence-corrected chi connectivity index (χ0v) is 16.2. The summed E-state index contributed by atoms with van der Waals surface area (Å²) in [6, 6.07) is 17.0. The Hall–Kier alpha value is -3.54. The molecule has 0 aliphatic carbocycles. The maximum Gasteiger partial charge on any atom is 0.335 e. The molecule has 0 saturated heterocycles. The number of methoxy groups -OCH3 is 1. The highest BCUT2D eigenvalue weighted by atomic mass is 19.1. The van der Waals surface area contributed by atoms with Crippen LogP contribution < -0.4 is 14.8 Å². The largest absolute Gasteiger partial charge is 0.493 e. The fraction of sp³-hybridized carbons (Fsp3) is 0.174. The lowest BCUT2D eigenvalue weighted by Gasteiger charge is -2.14. The predicted octanol–water partition coefficient (Wildman–Crippen LogP) is 5.03. The Bertz CT molecular complexity index is 1020. The van der Waals surface area contributed by atoms with Crippen molar-refractivity contribution in [3.63, 3.8) is 0 Å². The van der Waals surface area contributed by atoms with Crippen LogP contribution in [0.3, 0.4) is 0 Å². The minimum Gasteiger partial charge on any atom is -0.493 e. The molecule has 0 unspecified atom stereocenters. The van der Waals surface area contributed by atoms with Crippen LogP contribution in [0.2, 0.25) is 0 Å².